The molecular weight excluding hydrogens is 333 g/mol. The van der Waals surface area contributed by atoms with Gasteiger partial charge >= 0.3 is 0 Å². The van der Waals surface area contributed by atoms with E-state index in [-0.39, 0.29) is 23.8 Å². The quantitative estimate of drug-likeness (QED) is 0.877. The highest BCUT2D eigenvalue weighted by molar-refractivity contribution is 5.92. The van der Waals surface area contributed by atoms with E-state index >= 15 is 0 Å². The number of piperidine rings is 1. The monoisotopic (exact) mass is 357 g/mol. The molecule has 3 heterocycles. The van der Waals surface area contributed by atoms with Crippen LogP contribution < -0.4 is 16.0 Å². The zero-order valence-corrected chi connectivity index (χ0v) is 14.7. The summed E-state index contributed by atoms with van der Waals surface area (Å²) in [5, 5.41) is 3.06. The molecule has 1 fully saturated rings. The number of nitrogens with two attached hydrogens (primary N) is 1. The number of nitrogens with one attached hydrogen (secondary N) is 1. The number of benzene rings is 1. The summed E-state index contributed by atoms with van der Waals surface area (Å²) < 4.78 is 16.0. The number of nitrogens with zero attached hydrogens (tertiary/aromatic N) is 3. The number of rotatable bonds is 3. The first-order chi connectivity index (χ1) is 12.6. The van der Waals surface area contributed by atoms with E-state index in [4.69, 9.17) is 5.73 Å². The summed E-state index contributed by atoms with van der Waals surface area (Å²) in [5.41, 5.74) is 7.02. The van der Waals surface area contributed by atoms with Gasteiger partial charge in [0.25, 0.3) is 5.91 Å². The van der Waals surface area contributed by atoms with Crippen LogP contribution >= 0.6 is 0 Å². The summed E-state index contributed by atoms with van der Waals surface area (Å²) in [6, 6.07) is 6.89. The summed E-state index contributed by atoms with van der Waals surface area (Å²) in [6.07, 6.45) is 5.29. The van der Waals surface area contributed by atoms with Crippen molar-refractivity contribution >= 4 is 11.6 Å². The highest BCUT2D eigenvalue weighted by Gasteiger charge is 2.25. The molecular formula is C19H24FN5O. The molecule has 26 heavy (non-hydrogen) atoms. The number of anilines is 1. The van der Waals surface area contributed by atoms with Gasteiger partial charge in [0.05, 0.1) is 5.69 Å². The molecule has 0 aliphatic carbocycles. The molecule has 2 atom stereocenters. The molecule has 3 N–H and O–H groups in total. The average Bonchev–Trinajstić information content (AvgIpc) is 3.05. The molecule has 1 aromatic heterocycles. The lowest BCUT2D eigenvalue weighted by Crippen LogP contribution is -2.48. The third-order valence-corrected chi connectivity index (χ3v) is 5.21. The maximum Gasteiger partial charge on any atom is 0.271 e. The van der Waals surface area contributed by atoms with E-state index in [1.165, 1.54) is 6.07 Å². The summed E-state index contributed by atoms with van der Waals surface area (Å²) in [4.78, 5) is 19.1. The van der Waals surface area contributed by atoms with E-state index in [1.807, 2.05) is 15.5 Å². The van der Waals surface area contributed by atoms with Gasteiger partial charge in [0.2, 0.25) is 0 Å². The van der Waals surface area contributed by atoms with Crippen molar-refractivity contribution in [1.82, 2.24) is 14.9 Å². The van der Waals surface area contributed by atoms with Crippen LogP contribution in [0.3, 0.4) is 0 Å². The first kappa shape index (κ1) is 17.0. The van der Waals surface area contributed by atoms with Gasteiger partial charge < -0.3 is 20.5 Å². The smallest absolute Gasteiger partial charge is 0.271 e. The summed E-state index contributed by atoms with van der Waals surface area (Å²) >= 11 is 0. The molecule has 2 aliphatic rings. The van der Waals surface area contributed by atoms with Crippen molar-refractivity contribution in [2.75, 3.05) is 18.0 Å². The Morgan fingerprint density at radius 1 is 1.27 bits per heavy atom. The highest BCUT2D eigenvalue weighted by atomic mass is 19.1. The van der Waals surface area contributed by atoms with Crippen LogP contribution in [0.25, 0.3) is 0 Å². The maximum absolute atomic E-state index is 14.0. The topological polar surface area (TPSA) is 76.2 Å². The third kappa shape index (κ3) is 3.44. The van der Waals surface area contributed by atoms with Gasteiger partial charge in [0, 0.05) is 44.3 Å². The number of carbonyl (C=O) groups excluding carboxylic acids is 1. The van der Waals surface area contributed by atoms with E-state index in [0.29, 0.717) is 24.5 Å². The lowest BCUT2D eigenvalue weighted by molar-refractivity contribution is 0.0928. The van der Waals surface area contributed by atoms with Crippen LogP contribution in [0.15, 0.2) is 30.5 Å². The van der Waals surface area contributed by atoms with Gasteiger partial charge in [-0.25, -0.2) is 9.37 Å². The predicted octanol–water partition coefficient (Wildman–Crippen LogP) is 1.69. The Labute approximate surface area is 152 Å². The van der Waals surface area contributed by atoms with Gasteiger partial charge in [-0.05, 0) is 31.4 Å². The fourth-order valence-corrected chi connectivity index (χ4v) is 3.86. The van der Waals surface area contributed by atoms with E-state index in [1.54, 1.807) is 18.3 Å². The normalized spacial score (nSPS) is 22.8. The number of amides is 1. The van der Waals surface area contributed by atoms with Gasteiger partial charge in [-0.2, -0.15) is 0 Å². The molecule has 0 spiro atoms. The zero-order valence-electron chi connectivity index (χ0n) is 14.7. The van der Waals surface area contributed by atoms with Gasteiger partial charge in [0.1, 0.15) is 17.3 Å². The molecule has 1 amide bonds. The Kier molecular flexibility index (Phi) is 4.63. The molecule has 2 aliphatic heterocycles. The summed E-state index contributed by atoms with van der Waals surface area (Å²) in [5.74, 6) is 0.534. The Bertz CT molecular complexity index is 805. The molecule has 2 unspecified atom stereocenters. The van der Waals surface area contributed by atoms with Crippen LogP contribution in [0, 0.1) is 5.82 Å². The number of carbonyl (C=O) groups is 1. The molecule has 1 aromatic carbocycles. The predicted molar refractivity (Wildman–Crippen MR) is 97.6 cm³/mol. The number of para-hydroxylation sites is 1. The first-order valence-electron chi connectivity index (χ1n) is 9.22. The minimum atomic E-state index is -0.224. The minimum Gasteiger partial charge on any atom is -0.367 e. The van der Waals surface area contributed by atoms with Crippen molar-refractivity contribution < 1.29 is 9.18 Å². The fraction of sp³-hybridized carbons (Fsp3) is 0.474. The molecule has 4 rings (SSSR count). The first-order valence-corrected chi connectivity index (χ1v) is 9.22. The highest BCUT2D eigenvalue weighted by Crippen LogP contribution is 2.23. The van der Waals surface area contributed by atoms with Crippen molar-refractivity contribution in [3.8, 4) is 0 Å². The van der Waals surface area contributed by atoms with Crippen LogP contribution in [0.5, 0.6) is 0 Å². The van der Waals surface area contributed by atoms with Crippen LogP contribution in [0.1, 0.15) is 35.6 Å². The number of aryl methyl sites for hydroxylation is 1. The standard InChI is InChI=1S/C19H24FN5O/c20-15-5-1-2-6-17(15)24-9-3-4-14(11-24)22-19(26)16-12-25-10-13(21)7-8-18(25)23-16/h1-2,5-6,12-14H,3-4,7-11,21H2,(H,22,26). The van der Waals surface area contributed by atoms with E-state index in [9.17, 15) is 9.18 Å². The molecule has 0 saturated carbocycles. The summed E-state index contributed by atoms with van der Waals surface area (Å²) in [6.45, 7) is 2.11. The number of imidazole rings is 1. The van der Waals surface area contributed by atoms with Crippen molar-refractivity contribution in [3.05, 3.63) is 47.8 Å². The van der Waals surface area contributed by atoms with Crippen LogP contribution in [-0.2, 0) is 13.0 Å². The van der Waals surface area contributed by atoms with Crippen LogP contribution in [0.4, 0.5) is 10.1 Å². The zero-order chi connectivity index (χ0) is 18.1. The van der Waals surface area contributed by atoms with Gasteiger partial charge in [0.15, 0.2) is 0 Å². The van der Waals surface area contributed by atoms with Crippen molar-refractivity contribution in [1.29, 1.82) is 0 Å². The number of fused-ring (bicyclic) bond motifs is 1. The van der Waals surface area contributed by atoms with Gasteiger partial charge in [-0.1, -0.05) is 12.1 Å². The van der Waals surface area contributed by atoms with E-state index < -0.39 is 0 Å². The Morgan fingerprint density at radius 2 is 2.12 bits per heavy atom. The number of aromatic nitrogens is 2. The molecule has 2 aromatic rings. The van der Waals surface area contributed by atoms with Crippen LogP contribution in [0.2, 0.25) is 0 Å². The maximum atomic E-state index is 14.0. The average molecular weight is 357 g/mol. The molecule has 6 nitrogen and oxygen atoms in total. The third-order valence-electron chi connectivity index (χ3n) is 5.21. The molecule has 1 saturated heterocycles. The lowest BCUT2D eigenvalue weighted by Gasteiger charge is -2.34. The fourth-order valence-electron chi connectivity index (χ4n) is 3.86. The Hall–Kier alpha value is -2.41. The van der Waals surface area contributed by atoms with Gasteiger partial charge in [-0.3, -0.25) is 4.79 Å². The number of halogens is 1. The number of hydrogen-bond donors (Lipinski definition) is 2. The molecule has 7 heteroatoms. The molecule has 0 bridgehead atoms. The minimum absolute atomic E-state index is 0.0168. The Balaban J connectivity index is 1.42. The summed E-state index contributed by atoms with van der Waals surface area (Å²) in [7, 11) is 0. The van der Waals surface area contributed by atoms with E-state index in [0.717, 1.165) is 38.1 Å². The molecule has 0 radical (unpaired) electrons. The molecule has 138 valence electrons. The second kappa shape index (κ2) is 7.07. The lowest BCUT2D eigenvalue weighted by atomic mass is 10.0. The second-order valence-corrected chi connectivity index (χ2v) is 7.20. The second-order valence-electron chi connectivity index (χ2n) is 7.20. The SMILES string of the molecule is NC1CCc2nc(C(=O)NC3CCCN(c4ccccc4F)C3)cn2C1. The number of hydrogen-bond acceptors (Lipinski definition) is 4. The van der Waals surface area contributed by atoms with Gasteiger partial charge in [-0.15, -0.1) is 0 Å². The van der Waals surface area contributed by atoms with Crippen LogP contribution in [-0.4, -0.2) is 40.6 Å². The van der Waals surface area contributed by atoms with Crippen molar-refractivity contribution in [2.45, 2.75) is 44.3 Å². The van der Waals surface area contributed by atoms with Crippen molar-refractivity contribution in [3.63, 3.8) is 0 Å². The van der Waals surface area contributed by atoms with Crippen molar-refractivity contribution in [2.24, 2.45) is 5.73 Å². The Morgan fingerprint density at radius 3 is 2.96 bits per heavy atom. The van der Waals surface area contributed by atoms with E-state index in [2.05, 4.69) is 10.3 Å². The largest absolute Gasteiger partial charge is 0.367 e.